The lowest BCUT2D eigenvalue weighted by Crippen LogP contribution is -2.32. The number of nitrogens with two attached hydrogens (primary N) is 1. The van der Waals surface area contributed by atoms with E-state index in [1.54, 1.807) is 0 Å². The van der Waals surface area contributed by atoms with Crippen molar-refractivity contribution in [2.75, 3.05) is 18.0 Å². The first kappa shape index (κ1) is 11.9. The van der Waals surface area contributed by atoms with Gasteiger partial charge in [0.1, 0.15) is 5.84 Å². The Morgan fingerprint density at radius 3 is 2.53 bits per heavy atom. The molecule has 0 bridgehead atoms. The van der Waals surface area contributed by atoms with E-state index < -0.39 is 0 Å². The minimum absolute atomic E-state index is 0.121. The molecule has 0 atom stereocenters. The number of hydrogen-bond acceptors (Lipinski definition) is 3. The maximum absolute atomic E-state index is 7.72. The molecule has 0 saturated carbocycles. The molecule has 0 aliphatic carbocycles. The van der Waals surface area contributed by atoms with Crippen LogP contribution in [-0.2, 0) is 0 Å². The number of nitrogens with zero attached hydrogens (tertiary/aromatic N) is 2. The molecule has 17 heavy (non-hydrogen) atoms. The molecule has 3 N–H and O–H groups in total. The van der Waals surface area contributed by atoms with Crippen molar-refractivity contribution in [3.63, 3.8) is 0 Å². The molecule has 0 spiro atoms. The standard InChI is InChI=1S/C13H20N4/c1-9-8-11(17-6-4-3-5-7-17)12(13(14)15)10(2)16-9/h8H,3-7H2,1-2H3,(H3,14,15). The van der Waals surface area contributed by atoms with Crippen LogP contribution in [0.5, 0.6) is 0 Å². The van der Waals surface area contributed by atoms with Gasteiger partial charge in [-0.15, -0.1) is 0 Å². The number of anilines is 1. The fraction of sp³-hybridized carbons (Fsp3) is 0.538. The first-order valence-corrected chi connectivity index (χ1v) is 6.17. The van der Waals surface area contributed by atoms with Gasteiger partial charge in [-0.2, -0.15) is 0 Å². The number of rotatable bonds is 2. The van der Waals surface area contributed by atoms with E-state index in [4.69, 9.17) is 11.1 Å². The van der Waals surface area contributed by atoms with Gasteiger partial charge in [0.15, 0.2) is 0 Å². The summed E-state index contributed by atoms with van der Waals surface area (Å²) < 4.78 is 0. The minimum atomic E-state index is 0.121. The molecule has 1 aromatic rings. The van der Waals surface area contributed by atoms with Gasteiger partial charge in [-0.25, -0.2) is 0 Å². The Labute approximate surface area is 102 Å². The van der Waals surface area contributed by atoms with Crippen LogP contribution in [0.15, 0.2) is 6.07 Å². The third-order valence-corrected chi connectivity index (χ3v) is 3.27. The summed E-state index contributed by atoms with van der Waals surface area (Å²) >= 11 is 0. The Morgan fingerprint density at radius 1 is 1.29 bits per heavy atom. The average molecular weight is 232 g/mol. The van der Waals surface area contributed by atoms with Gasteiger partial charge in [0.2, 0.25) is 0 Å². The highest BCUT2D eigenvalue weighted by atomic mass is 15.1. The molecule has 1 aliphatic heterocycles. The van der Waals surface area contributed by atoms with Crippen molar-refractivity contribution >= 4 is 11.5 Å². The number of amidine groups is 1. The van der Waals surface area contributed by atoms with Crippen LogP contribution in [-0.4, -0.2) is 23.9 Å². The summed E-state index contributed by atoms with van der Waals surface area (Å²) in [6.45, 7) is 6.04. The summed E-state index contributed by atoms with van der Waals surface area (Å²) in [5.41, 5.74) is 9.43. The number of aromatic nitrogens is 1. The molecule has 1 saturated heterocycles. The first-order chi connectivity index (χ1) is 8.09. The number of aryl methyl sites for hydroxylation is 2. The zero-order valence-corrected chi connectivity index (χ0v) is 10.6. The number of hydrogen-bond donors (Lipinski definition) is 2. The van der Waals surface area contributed by atoms with Crippen molar-refractivity contribution in [3.8, 4) is 0 Å². The maximum Gasteiger partial charge on any atom is 0.126 e. The third kappa shape index (κ3) is 2.40. The van der Waals surface area contributed by atoms with Crippen LogP contribution in [0.1, 0.15) is 36.2 Å². The quantitative estimate of drug-likeness (QED) is 0.605. The van der Waals surface area contributed by atoms with Crippen LogP contribution < -0.4 is 10.6 Å². The van der Waals surface area contributed by atoms with Gasteiger partial charge in [-0.05, 0) is 39.2 Å². The van der Waals surface area contributed by atoms with E-state index in [0.717, 1.165) is 35.7 Å². The van der Waals surface area contributed by atoms with Gasteiger partial charge >= 0.3 is 0 Å². The van der Waals surface area contributed by atoms with Crippen LogP contribution >= 0.6 is 0 Å². The molecule has 0 aromatic carbocycles. The van der Waals surface area contributed by atoms with E-state index in [2.05, 4.69) is 16.0 Å². The molecule has 92 valence electrons. The summed E-state index contributed by atoms with van der Waals surface area (Å²) in [7, 11) is 0. The molecule has 2 heterocycles. The van der Waals surface area contributed by atoms with E-state index >= 15 is 0 Å². The topological polar surface area (TPSA) is 66.0 Å². The molecule has 0 radical (unpaired) electrons. The molecule has 2 rings (SSSR count). The zero-order valence-electron chi connectivity index (χ0n) is 10.6. The molecule has 0 unspecified atom stereocenters. The van der Waals surface area contributed by atoms with Crippen LogP contribution in [0.25, 0.3) is 0 Å². The van der Waals surface area contributed by atoms with Crippen molar-refractivity contribution in [1.82, 2.24) is 4.98 Å². The third-order valence-electron chi connectivity index (χ3n) is 3.27. The molecule has 4 heteroatoms. The van der Waals surface area contributed by atoms with Crippen LogP contribution in [0.2, 0.25) is 0 Å². The van der Waals surface area contributed by atoms with Crippen molar-refractivity contribution in [2.24, 2.45) is 5.73 Å². The van der Waals surface area contributed by atoms with E-state index in [1.165, 1.54) is 19.3 Å². The number of nitrogen functional groups attached to an aromatic ring is 1. The van der Waals surface area contributed by atoms with Crippen LogP contribution in [0.3, 0.4) is 0 Å². The monoisotopic (exact) mass is 232 g/mol. The van der Waals surface area contributed by atoms with E-state index in [-0.39, 0.29) is 5.84 Å². The van der Waals surface area contributed by atoms with E-state index in [9.17, 15) is 0 Å². The van der Waals surface area contributed by atoms with Gasteiger partial charge in [0.05, 0.1) is 16.9 Å². The maximum atomic E-state index is 7.72. The Kier molecular flexibility index (Phi) is 3.31. The van der Waals surface area contributed by atoms with Gasteiger partial charge in [0, 0.05) is 18.8 Å². The van der Waals surface area contributed by atoms with Crippen molar-refractivity contribution in [3.05, 3.63) is 23.0 Å². The summed E-state index contributed by atoms with van der Waals surface area (Å²) in [6, 6.07) is 2.05. The second kappa shape index (κ2) is 4.73. The molecular weight excluding hydrogens is 212 g/mol. The fourth-order valence-corrected chi connectivity index (χ4v) is 2.53. The molecule has 1 fully saturated rings. The van der Waals surface area contributed by atoms with E-state index in [1.807, 2.05) is 13.8 Å². The number of piperidine rings is 1. The summed E-state index contributed by atoms with van der Waals surface area (Å²) in [6.07, 6.45) is 3.74. The highest BCUT2D eigenvalue weighted by Crippen LogP contribution is 2.26. The average Bonchev–Trinajstić information content (AvgIpc) is 2.28. The zero-order chi connectivity index (χ0) is 12.4. The molecule has 4 nitrogen and oxygen atoms in total. The first-order valence-electron chi connectivity index (χ1n) is 6.17. The Bertz CT molecular complexity index is 433. The van der Waals surface area contributed by atoms with E-state index in [0.29, 0.717) is 0 Å². The number of nitrogens with one attached hydrogen (secondary N) is 1. The minimum Gasteiger partial charge on any atom is -0.384 e. The molecule has 1 aromatic heterocycles. The highest BCUT2D eigenvalue weighted by Gasteiger charge is 2.18. The second-order valence-electron chi connectivity index (χ2n) is 4.70. The summed E-state index contributed by atoms with van der Waals surface area (Å²) in [5.74, 6) is 0.121. The normalized spacial score (nSPS) is 16.0. The van der Waals surface area contributed by atoms with Gasteiger partial charge in [0.25, 0.3) is 0 Å². The molecule has 0 amide bonds. The van der Waals surface area contributed by atoms with Gasteiger partial charge in [-0.1, -0.05) is 0 Å². The highest BCUT2D eigenvalue weighted by molar-refractivity contribution is 6.01. The molecular formula is C13H20N4. The lowest BCUT2D eigenvalue weighted by molar-refractivity contribution is 0.577. The Morgan fingerprint density at radius 2 is 1.94 bits per heavy atom. The largest absolute Gasteiger partial charge is 0.384 e. The Hall–Kier alpha value is -1.58. The van der Waals surface area contributed by atoms with Crippen molar-refractivity contribution in [2.45, 2.75) is 33.1 Å². The van der Waals surface area contributed by atoms with Gasteiger partial charge in [-0.3, -0.25) is 10.4 Å². The van der Waals surface area contributed by atoms with Crippen LogP contribution in [0, 0.1) is 19.3 Å². The fourth-order valence-electron chi connectivity index (χ4n) is 2.53. The van der Waals surface area contributed by atoms with Crippen molar-refractivity contribution in [1.29, 1.82) is 5.41 Å². The predicted molar refractivity (Wildman–Crippen MR) is 70.8 cm³/mol. The van der Waals surface area contributed by atoms with Gasteiger partial charge < -0.3 is 10.6 Å². The molecule has 1 aliphatic rings. The SMILES string of the molecule is Cc1cc(N2CCCCC2)c(C(=N)N)c(C)n1. The lowest BCUT2D eigenvalue weighted by atomic mass is 10.1. The summed E-state index contributed by atoms with van der Waals surface area (Å²) in [5, 5.41) is 7.72. The van der Waals surface area contributed by atoms with Crippen molar-refractivity contribution < 1.29 is 0 Å². The predicted octanol–water partition coefficient (Wildman–Crippen LogP) is 1.97. The van der Waals surface area contributed by atoms with Crippen LogP contribution in [0.4, 0.5) is 5.69 Å². The summed E-state index contributed by atoms with van der Waals surface area (Å²) in [4.78, 5) is 6.74. The smallest absolute Gasteiger partial charge is 0.126 e. The Balaban J connectivity index is 2.46. The second-order valence-corrected chi connectivity index (χ2v) is 4.70. The number of pyridine rings is 1. The lowest BCUT2D eigenvalue weighted by Gasteiger charge is -2.31.